The van der Waals surface area contributed by atoms with E-state index in [1.165, 1.54) is 35.0 Å². The third-order valence-electron chi connectivity index (χ3n) is 3.87. The van der Waals surface area contributed by atoms with Gasteiger partial charge in [0.2, 0.25) is 0 Å². The number of aromatic nitrogens is 2. The molecule has 0 atom stereocenters. The van der Waals surface area contributed by atoms with E-state index < -0.39 is 6.36 Å². The van der Waals surface area contributed by atoms with Gasteiger partial charge in [-0.05, 0) is 53.9 Å². The summed E-state index contributed by atoms with van der Waals surface area (Å²) in [5.74, 6) is 0.376. The molecule has 1 aromatic heterocycles. The molecule has 164 valence electrons. The topological polar surface area (TPSA) is 53.4 Å². The summed E-state index contributed by atoms with van der Waals surface area (Å²) in [5, 5.41) is 0.194. The normalized spacial score (nSPS) is 11.9. The molecule has 0 aliphatic carbocycles. The van der Waals surface area contributed by atoms with Crippen LogP contribution in [-0.4, -0.2) is 22.5 Å². The zero-order valence-electron chi connectivity index (χ0n) is 17.1. The van der Waals surface area contributed by atoms with Crippen LogP contribution in [0, 0.1) is 5.41 Å². The molecule has 0 unspecified atom stereocenters. The lowest BCUT2D eigenvalue weighted by molar-refractivity contribution is -0.274. The maximum absolute atomic E-state index is 12.8. The van der Waals surface area contributed by atoms with Crippen molar-refractivity contribution in [2.45, 2.75) is 37.1 Å². The molecule has 0 fully saturated rings. The molecule has 0 spiro atoms. The standard InChI is InChI=1S/C22H21F3N2O3S/c1-21(2,3)14-29-16-6-4-15(5-7-16)27-13-12-26-19(20(27)28)31-18-10-8-17(9-11-18)30-22(23,24)25/h4-13H,14H2,1-3H3. The van der Waals surface area contributed by atoms with Gasteiger partial charge in [0.15, 0.2) is 5.03 Å². The van der Waals surface area contributed by atoms with Gasteiger partial charge in [0, 0.05) is 23.0 Å². The van der Waals surface area contributed by atoms with E-state index in [4.69, 9.17) is 4.74 Å². The van der Waals surface area contributed by atoms with E-state index in [-0.39, 0.29) is 21.7 Å². The van der Waals surface area contributed by atoms with Gasteiger partial charge in [0.1, 0.15) is 11.5 Å². The second-order valence-corrected chi connectivity index (χ2v) is 8.93. The zero-order valence-corrected chi connectivity index (χ0v) is 18.0. The Morgan fingerprint density at radius 3 is 2.16 bits per heavy atom. The van der Waals surface area contributed by atoms with E-state index in [1.807, 2.05) is 0 Å². The minimum Gasteiger partial charge on any atom is -0.493 e. The highest BCUT2D eigenvalue weighted by Crippen LogP contribution is 2.28. The van der Waals surface area contributed by atoms with Gasteiger partial charge in [-0.15, -0.1) is 13.2 Å². The molecular weight excluding hydrogens is 429 g/mol. The van der Waals surface area contributed by atoms with Gasteiger partial charge >= 0.3 is 6.36 Å². The van der Waals surface area contributed by atoms with Crippen LogP contribution in [-0.2, 0) is 0 Å². The largest absolute Gasteiger partial charge is 0.573 e. The molecule has 0 aliphatic rings. The molecule has 0 radical (unpaired) electrons. The molecule has 0 bridgehead atoms. The van der Waals surface area contributed by atoms with Gasteiger partial charge in [-0.1, -0.05) is 32.5 Å². The quantitative estimate of drug-likeness (QED) is 0.482. The third-order valence-corrected chi connectivity index (χ3v) is 4.85. The van der Waals surface area contributed by atoms with Crippen LogP contribution in [0.25, 0.3) is 5.69 Å². The SMILES string of the molecule is CC(C)(C)COc1ccc(-n2ccnc(Sc3ccc(OC(F)(F)F)cc3)c2=O)cc1. The minimum absolute atomic E-state index is 0.0317. The van der Waals surface area contributed by atoms with E-state index in [2.05, 4.69) is 30.5 Å². The summed E-state index contributed by atoms with van der Waals surface area (Å²) < 4.78 is 47.9. The Balaban J connectivity index is 1.75. The molecule has 3 rings (SSSR count). The second-order valence-electron chi connectivity index (χ2n) is 7.87. The van der Waals surface area contributed by atoms with Crippen molar-refractivity contribution in [2.24, 2.45) is 5.41 Å². The van der Waals surface area contributed by atoms with Crippen molar-refractivity contribution in [3.8, 4) is 17.2 Å². The first-order valence-corrected chi connectivity index (χ1v) is 10.2. The lowest BCUT2D eigenvalue weighted by Crippen LogP contribution is -2.20. The molecule has 0 N–H and O–H groups in total. The summed E-state index contributed by atoms with van der Waals surface area (Å²) in [4.78, 5) is 17.5. The van der Waals surface area contributed by atoms with Crippen LogP contribution >= 0.6 is 11.8 Å². The summed E-state index contributed by atoms with van der Waals surface area (Å²) in [6.07, 6.45) is -1.71. The Morgan fingerprint density at radius 2 is 1.58 bits per heavy atom. The van der Waals surface area contributed by atoms with Gasteiger partial charge in [-0.3, -0.25) is 9.36 Å². The summed E-state index contributed by atoms with van der Waals surface area (Å²) >= 11 is 1.06. The first kappa shape index (κ1) is 22.7. The molecule has 0 saturated heterocycles. The number of hydrogen-bond acceptors (Lipinski definition) is 5. The van der Waals surface area contributed by atoms with Crippen molar-refractivity contribution >= 4 is 11.8 Å². The predicted molar refractivity (Wildman–Crippen MR) is 112 cm³/mol. The monoisotopic (exact) mass is 450 g/mol. The van der Waals surface area contributed by atoms with E-state index in [9.17, 15) is 18.0 Å². The van der Waals surface area contributed by atoms with Crippen molar-refractivity contribution in [1.29, 1.82) is 0 Å². The first-order chi connectivity index (χ1) is 14.5. The van der Waals surface area contributed by atoms with E-state index in [0.717, 1.165) is 11.8 Å². The molecule has 2 aromatic carbocycles. The van der Waals surface area contributed by atoms with Gasteiger partial charge in [-0.25, -0.2) is 4.98 Å². The fourth-order valence-electron chi connectivity index (χ4n) is 2.49. The summed E-state index contributed by atoms with van der Waals surface area (Å²) in [6, 6.07) is 12.4. The highest BCUT2D eigenvalue weighted by molar-refractivity contribution is 7.99. The second kappa shape index (κ2) is 9.05. The number of halogens is 3. The van der Waals surface area contributed by atoms with Crippen LogP contribution in [0.2, 0.25) is 0 Å². The number of nitrogens with zero attached hydrogens (tertiary/aromatic N) is 2. The number of hydrogen-bond donors (Lipinski definition) is 0. The summed E-state index contributed by atoms with van der Waals surface area (Å²) in [7, 11) is 0. The maximum atomic E-state index is 12.8. The molecule has 9 heteroatoms. The van der Waals surface area contributed by atoms with Crippen LogP contribution in [0.1, 0.15) is 20.8 Å². The zero-order chi connectivity index (χ0) is 22.6. The lowest BCUT2D eigenvalue weighted by Gasteiger charge is -2.19. The predicted octanol–water partition coefficient (Wildman–Crippen LogP) is 5.71. The van der Waals surface area contributed by atoms with Crippen molar-refractivity contribution in [2.75, 3.05) is 6.61 Å². The van der Waals surface area contributed by atoms with Gasteiger partial charge < -0.3 is 9.47 Å². The van der Waals surface area contributed by atoms with Crippen LogP contribution < -0.4 is 15.0 Å². The number of ether oxygens (including phenoxy) is 2. The van der Waals surface area contributed by atoms with Crippen molar-refractivity contribution < 1.29 is 22.6 Å². The van der Waals surface area contributed by atoms with E-state index >= 15 is 0 Å². The van der Waals surface area contributed by atoms with Crippen LogP contribution in [0.5, 0.6) is 11.5 Å². The molecule has 3 aromatic rings. The van der Waals surface area contributed by atoms with Crippen molar-refractivity contribution in [1.82, 2.24) is 9.55 Å². The average molecular weight is 450 g/mol. The Morgan fingerprint density at radius 1 is 0.968 bits per heavy atom. The smallest absolute Gasteiger partial charge is 0.493 e. The molecule has 0 saturated carbocycles. The van der Waals surface area contributed by atoms with Gasteiger partial charge in [-0.2, -0.15) is 0 Å². The van der Waals surface area contributed by atoms with E-state index in [1.54, 1.807) is 30.5 Å². The highest BCUT2D eigenvalue weighted by Gasteiger charge is 2.31. The van der Waals surface area contributed by atoms with Gasteiger partial charge in [0.05, 0.1) is 6.61 Å². The highest BCUT2D eigenvalue weighted by atomic mass is 32.2. The van der Waals surface area contributed by atoms with Gasteiger partial charge in [0.25, 0.3) is 5.56 Å². The molecule has 5 nitrogen and oxygen atoms in total. The molecular formula is C22H21F3N2O3S. The number of rotatable bonds is 6. The third kappa shape index (κ3) is 6.78. The Kier molecular flexibility index (Phi) is 6.64. The fourth-order valence-corrected chi connectivity index (χ4v) is 3.29. The summed E-state index contributed by atoms with van der Waals surface area (Å²) in [5.41, 5.74) is 0.335. The lowest BCUT2D eigenvalue weighted by atomic mass is 9.99. The van der Waals surface area contributed by atoms with E-state index in [0.29, 0.717) is 22.9 Å². The van der Waals surface area contributed by atoms with Crippen molar-refractivity contribution in [3.05, 3.63) is 71.3 Å². The average Bonchev–Trinajstić information content (AvgIpc) is 2.68. The maximum Gasteiger partial charge on any atom is 0.573 e. The van der Waals surface area contributed by atoms with Crippen LogP contribution in [0.3, 0.4) is 0 Å². The molecule has 31 heavy (non-hydrogen) atoms. The van der Waals surface area contributed by atoms with Crippen molar-refractivity contribution in [3.63, 3.8) is 0 Å². The Bertz CT molecular complexity index is 1070. The van der Waals surface area contributed by atoms with Crippen LogP contribution in [0.4, 0.5) is 13.2 Å². The molecule has 1 heterocycles. The fraction of sp³-hybridized carbons (Fsp3) is 0.273. The molecule has 0 amide bonds. The number of alkyl halides is 3. The Hall–Kier alpha value is -2.94. The van der Waals surface area contributed by atoms with Crippen LogP contribution in [0.15, 0.2) is 75.6 Å². The molecule has 0 aliphatic heterocycles. The minimum atomic E-state index is -4.75. The Labute approximate surface area is 181 Å². The first-order valence-electron chi connectivity index (χ1n) is 9.35. The summed E-state index contributed by atoms with van der Waals surface area (Å²) in [6.45, 7) is 6.80. The number of benzene rings is 2.